The van der Waals surface area contributed by atoms with Crippen LogP contribution in [0.2, 0.25) is 0 Å². The number of carbonyl (C=O) groups is 1. The predicted molar refractivity (Wildman–Crippen MR) is 59.1 cm³/mol. The summed E-state index contributed by atoms with van der Waals surface area (Å²) in [4.78, 5) is 13.6. The minimum atomic E-state index is 0.0944. The zero-order chi connectivity index (χ0) is 10.1. The van der Waals surface area contributed by atoms with Crippen LogP contribution in [0.4, 0.5) is 5.69 Å². The first-order valence-corrected chi connectivity index (χ1v) is 5.32. The van der Waals surface area contributed by atoms with Crippen LogP contribution in [0.15, 0.2) is 22.7 Å². The number of likely N-dealkylation sites (tertiary alicyclic amines) is 1. The van der Waals surface area contributed by atoms with Crippen molar-refractivity contribution >= 4 is 27.5 Å². The molecular weight excluding hydrogens is 244 g/mol. The second-order valence-corrected chi connectivity index (χ2v) is 4.24. The lowest BCUT2D eigenvalue weighted by Crippen LogP contribution is -2.42. The molecule has 4 heteroatoms. The molecule has 1 aliphatic rings. The average Bonchev–Trinajstić information content (AvgIpc) is 2.06. The van der Waals surface area contributed by atoms with Crippen LogP contribution in [0.3, 0.4) is 0 Å². The summed E-state index contributed by atoms with van der Waals surface area (Å²) in [6, 6.07) is 5.29. The zero-order valence-electron chi connectivity index (χ0n) is 7.66. The summed E-state index contributed by atoms with van der Waals surface area (Å²) >= 11 is 3.31. The van der Waals surface area contributed by atoms with Gasteiger partial charge in [-0.3, -0.25) is 4.79 Å². The number of rotatable bonds is 1. The fourth-order valence-corrected chi connectivity index (χ4v) is 1.74. The highest BCUT2D eigenvalue weighted by atomic mass is 79.9. The highest BCUT2D eigenvalue weighted by Gasteiger charge is 2.21. The summed E-state index contributed by atoms with van der Waals surface area (Å²) in [6.45, 7) is 1.75. The van der Waals surface area contributed by atoms with Crippen LogP contribution in [0.5, 0.6) is 0 Å². The fraction of sp³-hybridized carbons (Fsp3) is 0.300. The van der Waals surface area contributed by atoms with Crippen molar-refractivity contribution in [2.45, 2.75) is 6.42 Å². The van der Waals surface area contributed by atoms with Gasteiger partial charge >= 0.3 is 0 Å². The Bertz CT molecular complexity index is 374. The van der Waals surface area contributed by atoms with Crippen molar-refractivity contribution in [3.63, 3.8) is 0 Å². The van der Waals surface area contributed by atoms with Crippen LogP contribution in [0, 0.1) is 0 Å². The number of amides is 1. The van der Waals surface area contributed by atoms with E-state index >= 15 is 0 Å². The Morgan fingerprint density at radius 1 is 1.43 bits per heavy atom. The molecule has 0 atom stereocenters. The van der Waals surface area contributed by atoms with E-state index in [4.69, 9.17) is 5.73 Å². The highest BCUT2D eigenvalue weighted by molar-refractivity contribution is 9.10. The number of nitrogens with two attached hydrogens (primary N) is 1. The third-order valence-electron chi connectivity index (χ3n) is 2.39. The standard InChI is InChI=1S/C10H11BrN2O/c11-8-6-7(2-3-9(8)12)10(14)13-4-1-5-13/h2-3,6H,1,4-5,12H2. The van der Waals surface area contributed by atoms with Gasteiger partial charge in [-0.15, -0.1) is 0 Å². The number of halogens is 1. The summed E-state index contributed by atoms with van der Waals surface area (Å²) in [5.41, 5.74) is 7.00. The lowest BCUT2D eigenvalue weighted by atomic mass is 10.1. The number of anilines is 1. The first-order chi connectivity index (χ1) is 6.68. The number of benzene rings is 1. The molecule has 2 rings (SSSR count). The van der Waals surface area contributed by atoms with Gasteiger partial charge in [-0.1, -0.05) is 0 Å². The molecule has 1 saturated heterocycles. The minimum absolute atomic E-state index is 0.0944. The van der Waals surface area contributed by atoms with Crippen molar-refractivity contribution in [1.29, 1.82) is 0 Å². The normalized spacial score (nSPS) is 15.1. The van der Waals surface area contributed by atoms with Crippen molar-refractivity contribution < 1.29 is 4.79 Å². The summed E-state index contributed by atoms with van der Waals surface area (Å²) in [6.07, 6.45) is 1.11. The molecule has 1 amide bonds. The Kier molecular flexibility index (Phi) is 2.46. The number of hydrogen-bond acceptors (Lipinski definition) is 2. The van der Waals surface area contributed by atoms with E-state index in [2.05, 4.69) is 15.9 Å². The highest BCUT2D eigenvalue weighted by Crippen LogP contribution is 2.22. The van der Waals surface area contributed by atoms with E-state index in [1.807, 2.05) is 4.90 Å². The minimum Gasteiger partial charge on any atom is -0.398 e. The molecule has 3 nitrogen and oxygen atoms in total. The Morgan fingerprint density at radius 2 is 2.14 bits per heavy atom. The molecule has 0 radical (unpaired) electrons. The maximum atomic E-state index is 11.8. The lowest BCUT2D eigenvalue weighted by Gasteiger charge is -2.30. The van der Waals surface area contributed by atoms with E-state index in [9.17, 15) is 4.79 Å². The molecule has 0 aliphatic carbocycles. The van der Waals surface area contributed by atoms with Gasteiger partial charge in [0.05, 0.1) is 0 Å². The van der Waals surface area contributed by atoms with Crippen LogP contribution in [-0.4, -0.2) is 23.9 Å². The Hall–Kier alpha value is -1.03. The van der Waals surface area contributed by atoms with Crippen molar-refractivity contribution in [1.82, 2.24) is 4.90 Å². The monoisotopic (exact) mass is 254 g/mol. The van der Waals surface area contributed by atoms with Crippen LogP contribution in [-0.2, 0) is 0 Å². The maximum Gasteiger partial charge on any atom is 0.253 e. The van der Waals surface area contributed by atoms with E-state index in [0.717, 1.165) is 24.0 Å². The smallest absolute Gasteiger partial charge is 0.253 e. The van der Waals surface area contributed by atoms with Crippen molar-refractivity contribution in [3.8, 4) is 0 Å². The van der Waals surface area contributed by atoms with Crippen LogP contribution in [0.25, 0.3) is 0 Å². The third-order valence-corrected chi connectivity index (χ3v) is 3.08. The molecule has 14 heavy (non-hydrogen) atoms. The van der Waals surface area contributed by atoms with Gasteiger partial charge in [0.15, 0.2) is 0 Å². The Morgan fingerprint density at radius 3 is 2.64 bits per heavy atom. The SMILES string of the molecule is Nc1ccc(C(=O)N2CCC2)cc1Br. The van der Waals surface area contributed by atoms with E-state index < -0.39 is 0 Å². The largest absolute Gasteiger partial charge is 0.398 e. The van der Waals surface area contributed by atoms with Crippen molar-refractivity contribution in [2.24, 2.45) is 0 Å². The molecule has 0 spiro atoms. The quantitative estimate of drug-likeness (QED) is 0.779. The van der Waals surface area contributed by atoms with Gasteiger partial charge in [0.25, 0.3) is 5.91 Å². The topological polar surface area (TPSA) is 46.3 Å². The molecule has 0 bridgehead atoms. The van der Waals surface area contributed by atoms with Gasteiger partial charge in [0.2, 0.25) is 0 Å². The number of carbonyl (C=O) groups excluding carboxylic acids is 1. The van der Waals surface area contributed by atoms with Gasteiger partial charge in [-0.25, -0.2) is 0 Å². The van der Waals surface area contributed by atoms with E-state index in [0.29, 0.717) is 11.3 Å². The second-order valence-electron chi connectivity index (χ2n) is 3.38. The van der Waals surface area contributed by atoms with E-state index in [1.165, 1.54) is 0 Å². The van der Waals surface area contributed by atoms with Crippen molar-refractivity contribution in [2.75, 3.05) is 18.8 Å². The van der Waals surface area contributed by atoms with Gasteiger partial charge in [0.1, 0.15) is 0 Å². The van der Waals surface area contributed by atoms with Gasteiger partial charge in [0, 0.05) is 28.8 Å². The Labute approximate surface area is 91.0 Å². The van der Waals surface area contributed by atoms with Crippen LogP contribution >= 0.6 is 15.9 Å². The van der Waals surface area contributed by atoms with Crippen LogP contribution < -0.4 is 5.73 Å². The maximum absolute atomic E-state index is 11.8. The molecule has 1 aromatic carbocycles. The predicted octanol–water partition coefficient (Wildman–Crippen LogP) is 1.88. The third kappa shape index (κ3) is 1.62. The molecule has 0 unspecified atom stereocenters. The summed E-state index contributed by atoms with van der Waals surface area (Å²) in [7, 11) is 0. The van der Waals surface area contributed by atoms with E-state index in [1.54, 1.807) is 18.2 Å². The Balaban J connectivity index is 2.23. The molecule has 1 fully saturated rings. The molecular formula is C10H11BrN2O. The van der Waals surface area contributed by atoms with Crippen molar-refractivity contribution in [3.05, 3.63) is 28.2 Å². The number of nitrogen functional groups attached to an aromatic ring is 1. The molecule has 74 valence electrons. The molecule has 1 aromatic rings. The summed E-state index contributed by atoms with van der Waals surface area (Å²) in [5.74, 6) is 0.0944. The number of hydrogen-bond donors (Lipinski definition) is 1. The number of nitrogens with zero attached hydrogens (tertiary/aromatic N) is 1. The molecule has 1 aliphatic heterocycles. The first kappa shape index (κ1) is 9.52. The molecule has 0 saturated carbocycles. The lowest BCUT2D eigenvalue weighted by molar-refractivity contribution is 0.0652. The van der Waals surface area contributed by atoms with Gasteiger partial charge in [-0.2, -0.15) is 0 Å². The van der Waals surface area contributed by atoms with Gasteiger partial charge in [-0.05, 0) is 40.5 Å². The molecule has 1 heterocycles. The molecule has 0 aromatic heterocycles. The average molecular weight is 255 g/mol. The molecule has 2 N–H and O–H groups in total. The zero-order valence-corrected chi connectivity index (χ0v) is 9.25. The first-order valence-electron chi connectivity index (χ1n) is 4.53. The second kappa shape index (κ2) is 3.61. The summed E-state index contributed by atoms with van der Waals surface area (Å²) < 4.78 is 0.781. The van der Waals surface area contributed by atoms with Crippen LogP contribution in [0.1, 0.15) is 16.8 Å². The van der Waals surface area contributed by atoms with Gasteiger partial charge < -0.3 is 10.6 Å². The fourth-order valence-electron chi connectivity index (χ4n) is 1.36. The summed E-state index contributed by atoms with van der Waals surface area (Å²) in [5, 5.41) is 0. The van der Waals surface area contributed by atoms with E-state index in [-0.39, 0.29) is 5.91 Å².